The molecular weight excluding hydrogens is 454 g/mol. The minimum absolute atomic E-state index is 0.0183. The number of fused-ring (bicyclic) bond motifs is 1. The lowest BCUT2D eigenvalue weighted by atomic mass is 10.1. The molecule has 186 valence electrons. The Kier molecular flexibility index (Phi) is 8.38. The van der Waals surface area contributed by atoms with E-state index in [0.29, 0.717) is 30.7 Å². The quantitative estimate of drug-likeness (QED) is 0.149. The van der Waals surface area contributed by atoms with Crippen LogP contribution in [0.2, 0.25) is 0 Å². The number of anilines is 1. The standard InChI is InChI=1S/C22H29N9O4/c1-30(2)18-17-19(27-12-26-18)31(13-28-17)10-14-5-3-6-15(9-14)11-35-22(34)29-16(20(32)33)7-4-8-25-21(23)24/h3,5-6,9,12-13,16H,4,7-8,10-11H2,1-2H3,(H,29,34)(H,32,33)(H4,23,24,25)/t16-/m1/s1. The van der Waals surface area contributed by atoms with Gasteiger partial charge in [0, 0.05) is 20.6 Å². The number of alkyl carbamates (subject to hydrolysis) is 1. The number of aliphatic carboxylic acids is 1. The van der Waals surface area contributed by atoms with Gasteiger partial charge in [-0.15, -0.1) is 0 Å². The predicted octanol–water partition coefficient (Wildman–Crippen LogP) is 0.883. The number of nitrogens with zero attached hydrogens (tertiary/aromatic N) is 5. The maximum absolute atomic E-state index is 12.1. The Hall–Kier alpha value is -4.42. The summed E-state index contributed by atoms with van der Waals surface area (Å²) in [6, 6.07) is 6.41. The Balaban J connectivity index is 1.57. The van der Waals surface area contributed by atoms with Gasteiger partial charge < -0.3 is 35.7 Å². The van der Waals surface area contributed by atoms with E-state index >= 15 is 0 Å². The number of carbonyl (C=O) groups is 2. The summed E-state index contributed by atoms with van der Waals surface area (Å²) in [5, 5.41) is 21.4. The average Bonchev–Trinajstić information content (AvgIpc) is 3.22. The Labute approximate surface area is 201 Å². The molecule has 0 aliphatic heterocycles. The van der Waals surface area contributed by atoms with Crippen molar-refractivity contribution in [3.8, 4) is 0 Å². The Morgan fingerprint density at radius 3 is 2.74 bits per heavy atom. The second-order valence-electron chi connectivity index (χ2n) is 8.05. The van der Waals surface area contributed by atoms with Crippen molar-refractivity contribution in [2.75, 3.05) is 25.5 Å². The SMILES string of the molecule is CN(C)c1ncnc2c1ncn2Cc1cccc(COC(=O)N[C@H](CCCNC(=N)N)C(=O)O)c1. The number of aromatic nitrogens is 4. The number of guanidine groups is 1. The zero-order valence-corrected chi connectivity index (χ0v) is 19.6. The lowest BCUT2D eigenvalue weighted by Gasteiger charge is -2.15. The zero-order chi connectivity index (χ0) is 25.4. The summed E-state index contributed by atoms with van der Waals surface area (Å²) in [5.74, 6) is -0.628. The van der Waals surface area contributed by atoms with Gasteiger partial charge in [-0.2, -0.15) is 0 Å². The highest BCUT2D eigenvalue weighted by Gasteiger charge is 2.20. The molecule has 13 nitrogen and oxygen atoms in total. The van der Waals surface area contributed by atoms with Crippen LogP contribution in [-0.4, -0.2) is 69.3 Å². The number of carbonyl (C=O) groups excluding carboxylic acids is 1. The average molecular weight is 484 g/mol. The van der Waals surface area contributed by atoms with Crippen LogP contribution in [0.5, 0.6) is 0 Å². The van der Waals surface area contributed by atoms with Gasteiger partial charge >= 0.3 is 12.1 Å². The number of amides is 1. The molecule has 0 saturated carbocycles. The fraction of sp³-hybridized carbons (Fsp3) is 0.364. The molecule has 3 aromatic rings. The van der Waals surface area contributed by atoms with Crippen molar-refractivity contribution in [1.82, 2.24) is 30.2 Å². The summed E-state index contributed by atoms with van der Waals surface area (Å²) in [6.07, 6.45) is 2.96. The van der Waals surface area contributed by atoms with E-state index in [2.05, 4.69) is 25.6 Å². The van der Waals surface area contributed by atoms with Crippen molar-refractivity contribution in [1.29, 1.82) is 5.41 Å². The Bertz CT molecular complexity index is 1190. The van der Waals surface area contributed by atoms with Crippen LogP contribution in [0.1, 0.15) is 24.0 Å². The molecule has 1 atom stereocenters. The summed E-state index contributed by atoms with van der Waals surface area (Å²) in [4.78, 5) is 38.5. The molecule has 0 aliphatic carbocycles. The normalized spacial score (nSPS) is 11.6. The van der Waals surface area contributed by atoms with Gasteiger partial charge in [0.25, 0.3) is 0 Å². The number of nitrogens with two attached hydrogens (primary N) is 1. The summed E-state index contributed by atoms with van der Waals surface area (Å²) >= 11 is 0. The maximum Gasteiger partial charge on any atom is 0.408 e. The second kappa shape index (κ2) is 11.6. The molecule has 0 saturated heterocycles. The molecule has 0 bridgehead atoms. The summed E-state index contributed by atoms with van der Waals surface area (Å²) in [7, 11) is 3.79. The van der Waals surface area contributed by atoms with Crippen molar-refractivity contribution < 1.29 is 19.4 Å². The van der Waals surface area contributed by atoms with Crippen molar-refractivity contribution in [3.63, 3.8) is 0 Å². The first kappa shape index (κ1) is 25.2. The third-order valence-corrected chi connectivity index (χ3v) is 5.09. The highest BCUT2D eigenvalue weighted by molar-refractivity contribution is 5.83. The van der Waals surface area contributed by atoms with Gasteiger partial charge in [-0.05, 0) is 24.0 Å². The number of hydrogen-bond donors (Lipinski definition) is 5. The number of rotatable bonds is 11. The molecule has 35 heavy (non-hydrogen) atoms. The first-order valence-corrected chi connectivity index (χ1v) is 10.9. The van der Waals surface area contributed by atoms with Gasteiger partial charge in [0.15, 0.2) is 22.9 Å². The molecule has 0 aliphatic rings. The van der Waals surface area contributed by atoms with Gasteiger partial charge in [0.05, 0.1) is 12.9 Å². The molecule has 1 amide bonds. The zero-order valence-electron chi connectivity index (χ0n) is 19.6. The second-order valence-corrected chi connectivity index (χ2v) is 8.05. The molecule has 13 heteroatoms. The third kappa shape index (κ3) is 7.03. The van der Waals surface area contributed by atoms with E-state index in [1.165, 1.54) is 6.33 Å². The molecule has 0 spiro atoms. The molecule has 1 aromatic carbocycles. The van der Waals surface area contributed by atoms with Crippen LogP contribution in [0, 0.1) is 5.41 Å². The number of ether oxygens (including phenoxy) is 1. The van der Waals surface area contributed by atoms with Crippen molar-refractivity contribution in [3.05, 3.63) is 48.0 Å². The highest BCUT2D eigenvalue weighted by atomic mass is 16.5. The number of hydrogen-bond acceptors (Lipinski definition) is 8. The van der Waals surface area contributed by atoms with Crippen LogP contribution in [0.4, 0.5) is 10.6 Å². The maximum atomic E-state index is 12.1. The predicted molar refractivity (Wildman–Crippen MR) is 129 cm³/mol. The number of nitrogens with one attached hydrogen (secondary N) is 3. The molecule has 0 radical (unpaired) electrons. The third-order valence-electron chi connectivity index (χ3n) is 5.09. The summed E-state index contributed by atoms with van der Waals surface area (Å²) in [6.45, 7) is 0.822. The monoisotopic (exact) mass is 483 g/mol. The molecule has 0 fully saturated rings. The lowest BCUT2D eigenvalue weighted by Crippen LogP contribution is -2.41. The summed E-state index contributed by atoms with van der Waals surface area (Å²) < 4.78 is 7.14. The highest BCUT2D eigenvalue weighted by Crippen LogP contribution is 2.20. The summed E-state index contributed by atoms with van der Waals surface area (Å²) in [5.41, 5.74) is 8.32. The van der Waals surface area contributed by atoms with Gasteiger partial charge in [0.2, 0.25) is 0 Å². The first-order chi connectivity index (χ1) is 16.7. The van der Waals surface area contributed by atoms with E-state index in [4.69, 9.17) is 15.9 Å². The minimum atomic E-state index is -1.17. The Morgan fingerprint density at radius 1 is 1.26 bits per heavy atom. The van der Waals surface area contributed by atoms with E-state index in [9.17, 15) is 14.7 Å². The molecule has 3 rings (SSSR count). The van der Waals surface area contributed by atoms with Crippen molar-refractivity contribution >= 4 is 35.0 Å². The molecule has 2 heterocycles. The van der Waals surface area contributed by atoms with Crippen molar-refractivity contribution in [2.45, 2.75) is 32.0 Å². The van der Waals surface area contributed by atoms with Gasteiger partial charge in [-0.1, -0.05) is 24.3 Å². The van der Waals surface area contributed by atoms with E-state index in [1.54, 1.807) is 6.33 Å². The lowest BCUT2D eigenvalue weighted by molar-refractivity contribution is -0.139. The van der Waals surface area contributed by atoms with E-state index in [1.807, 2.05) is 47.8 Å². The van der Waals surface area contributed by atoms with Crippen LogP contribution in [0.25, 0.3) is 11.2 Å². The van der Waals surface area contributed by atoms with E-state index < -0.39 is 18.1 Å². The van der Waals surface area contributed by atoms with Crippen LogP contribution in [0.3, 0.4) is 0 Å². The van der Waals surface area contributed by atoms with Gasteiger partial charge in [0.1, 0.15) is 19.0 Å². The van der Waals surface area contributed by atoms with Crippen LogP contribution in [0.15, 0.2) is 36.9 Å². The number of imidazole rings is 1. The van der Waals surface area contributed by atoms with Crippen molar-refractivity contribution in [2.24, 2.45) is 5.73 Å². The topological polar surface area (TPSA) is 184 Å². The number of benzene rings is 1. The molecular formula is C22H29N9O4. The minimum Gasteiger partial charge on any atom is -0.480 e. The fourth-order valence-electron chi connectivity index (χ4n) is 3.45. The smallest absolute Gasteiger partial charge is 0.408 e. The molecule has 0 unspecified atom stereocenters. The van der Waals surface area contributed by atoms with Crippen LogP contribution in [-0.2, 0) is 22.7 Å². The first-order valence-electron chi connectivity index (χ1n) is 10.9. The van der Waals surface area contributed by atoms with E-state index in [-0.39, 0.29) is 19.0 Å². The number of carboxylic acid groups (broad SMARTS) is 1. The fourth-order valence-corrected chi connectivity index (χ4v) is 3.45. The Morgan fingerprint density at radius 2 is 2.03 bits per heavy atom. The van der Waals surface area contributed by atoms with Crippen LogP contribution < -0.4 is 21.3 Å². The number of carboxylic acids is 1. The van der Waals surface area contributed by atoms with Gasteiger partial charge in [-0.25, -0.2) is 24.5 Å². The van der Waals surface area contributed by atoms with Gasteiger partial charge in [-0.3, -0.25) is 5.41 Å². The van der Waals surface area contributed by atoms with Crippen LogP contribution >= 0.6 is 0 Å². The molecule has 2 aromatic heterocycles. The van der Waals surface area contributed by atoms with E-state index in [0.717, 1.165) is 16.9 Å². The largest absolute Gasteiger partial charge is 0.480 e. The molecule has 6 N–H and O–H groups in total.